The maximum Gasteiger partial charge on any atom is 0.306 e. The minimum atomic E-state index is -3.67. The van der Waals surface area contributed by atoms with Crippen LogP contribution in [0.2, 0.25) is 0 Å². The number of rotatable bonds is 9. The van der Waals surface area contributed by atoms with E-state index in [9.17, 15) is 13.2 Å². The Morgan fingerprint density at radius 1 is 1.08 bits per heavy atom. The second-order valence-corrected chi connectivity index (χ2v) is 7.98. The number of carboxylic acids is 1. The van der Waals surface area contributed by atoms with Gasteiger partial charge in [-0.05, 0) is 43.7 Å². The van der Waals surface area contributed by atoms with Crippen LogP contribution >= 0.6 is 0 Å². The summed E-state index contributed by atoms with van der Waals surface area (Å²) in [4.78, 5) is 10.7. The Bertz CT molecular complexity index is 817. The summed E-state index contributed by atoms with van der Waals surface area (Å²) in [6.07, 6.45) is -0.113. The molecule has 2 rings (SSSR count). The van der Waals surface area contributed by atoms with E-state index in [-0.39, 0.29) is 30.5 Å². The fraction of sp³-hybridized carbons (Fsp3) is 0.316. The fourth-order valence-corrected chi connectivity index (χ4v) is 4.03. The standard InChI is InChI=1S/C19H23NO5S/c1-15(2)20(14-16-6-4-3-5-7-16)26(23,24)18-10-8-17(9-11-18)25-13-12-19(21)22/h3-11,15H,12-14H2,1-2H3,(H,21,22). The van der Waals surface area contributed by atoms with Crippen molar-refractivity contribution in [3.05, 3.63) is 60.2 Å². The van der Waals surface area contributed by atoms with Gasteiger partial charge in [-0.15, -0.1) is 0 Å². The van der Waals surface area contributed by atoms with Crippen LogP contribution in [0, 0.1) is 0 Å². The van der Waals surface area contributed by atoms with E-state index in [1.54, 1.807) is 0 Å². The van der Waals surface area contributed by atoms with Crippen LogP contribution in [-0.2, 0) is 21.4 Å². The molecule has 0 bridgehead atoms. The summed E-state index contributed by atoms with van der Waals surface area (Å²) in [5.41, 5.74) is 0.915. The molecule has 1 N–H and O–H groups in total. The third-order valence-electron chi connectivity index (χ3n) is 3.77. The first-order valence-corrected chi connectivity index (χ1v) is 9.75. The number of carbonyl (C=O) groups is 1. The molecule has 0 atom stereocenters. The molecule has 0 radical (unpaired) electrons. The molecule has 0 aliphatic carbocycles. The average molecular weight is 377 g/mol. The Hall–Kier alpha value is -2.38. The van der Waals surface area contributed by atoms with E-state index in [0.717, 1.165) is 5.56 Å². The molecule has 0 aliphatic heterocycles. The lowest BCUT2D eigenvalue weighted by Crippen LogP contribution is -2.36. The second-order valence-electron chi connectivity index (χ2n) is 6.09. The van der Waals surface area contributed by atoms with Gasteiger partial charge in [0.2, 0.25) is 10.0 Å². The lowest BCUT2D eigenvalue weighted by Gasteiger charge is -2.26. The van der Waals surface area contributed by atoms with Gasteiger partial charge in [-0.3, -0.25) is 4.79 Å². The topological polar surface area (TPSA) is 83.9 Å². The molecule has 140 valence electrons. The second kappa shape index (κ2) is 8.82. The van der Waals surface area contributed by atoms with Crippen LogP contribution in [0.3, 0.4) is 0 Å². The van der Waals surface area contributed by atoms with Crippen molar-refractivity contribution in [2.75, 3.05) is 6.61 Å². The van der Waals surface area contributed by atoms with Crippen LogP contribution in [0.25, 0.3) is 0 Å². The van der Waals surface area contributed by atoms with Crippen molar-refractivity contribution in [3.63, 3.8) is 0 Å². The molecule has 0 spiro atoms. The maximum absolute atomic E-state index is 13.0. The van der Waals surface area contributed by atoms with E-state index in [4.69, 9.17) is 9.84 Å². The molecule has 7 heteroatoms. The number of benzene rings is 2. The van der Waals surface area contributed by atoms with E-state index in [1.165, 1.54) is 28.6 Å². The Labute approximate surface area is 154 Å². The molecule has 0 saturated carbocycles. The first-order valence-electron chi connectivity index (χ1n) is 8.31. The Balaban J connectivity index is 2.16. The number of nitrogens with zero attached hydrogens (tertiary/aromatic N) is 1. The van der Waals surface area contributed by atoms with Gasteiger partial charge in [-0.2, -0.15) is 4.31 Å². The minimum Gasteiger partial charge on any atom is -0.493 e. The van der Waals surface area contributed by atoms with Crippen LogP contribution < -0.4 is 4.74 Å². The molecule has 0 fully saturated rings. The molecule has 0 aromatic heterocycles. The van der Waals surface area contributed by atoms with E-state index < -0.39 is 16.0 Å². The molecule has 2 aromatic carbocycles. The highest BCUT2D eigenvalue weighted by Crippen LogP contribution is 2.23. The summed E-state index contributed by atoms with van der Waals surface area (Å²) >= 11 is 0. The van der Waals surface area contributed by atoms with Gasteiger partial charge in [0.15, 0.2) is 0 Å². The van der Waals surface area contributed by atoms with Crippen molar-refractivity contribution in [1.82, 2.24) is 4.31 Å². The summed E-state index contributed by atoms with van der Waals surface area (Å²) in [5, 5.41) is 8.61. The van der Waals surface area contributed by atoms with Crippen LogP contribution in [0.1, 0.15) is 25.8 Å². The average Bonchev–Trinajstić information content (AvgIpc) is 2.60. The lowest BCUT2D eigenvalue weighted by molar-refractivity contribution is -0.137. The third-order valence-corrected chi connectivity index (χ3v) is 5.81. The number of carboxylic acid groups (broad SMARTS) is 1. The van der Waals surface area contributed by atoms with Crippen molar-refractivity contribution in [3.8, 4) is 5.75 Å². The summed E-state index contributed by atoms with van der Waals surface area (Å²) in [5.74, 6) is -0.512. The summed E-state index contributed by atoms with van der Waals surface area (Å²) in [7, 11) is -3.67. The van der Waals surface area contributed by atoms with Crippen molar-refractivity contribution < 1.29 is 23.1 Å². The van der Waals surface area contributed by atoms with Gasteiger partial charge in [0.1, 0.15) is 5.75 Å². The number of sulfonamides is 1. The zero-order valence-corrected chi connectivity index (χ0v) is 15.6. The van der Waals surface area contributed by atoms with Crippen LogP contribution in [0.5, 0.6) is 5.75 Å². The predicted molar refractivity (Wildman–Crippen MR) is 98.5 cm³/mol. The largest absolute Gasteiger partial charge is 0.493 e. The first kappa shape index (κ1) is 19.9. The smallest absolute Gasteiger partial charge is 0.306 e. The van der Waals surface area contributed by atoms with E-state index >= 15 is 0 Å². The predicted octanol–water partition coefficient (Wildman–Crippen LogP) is 3.14. The SMILES string of the molecule is CC(C)N(Cc1ccccc1)S(=O)(=O)c1ccc(OCCC(=O)O)cc1. The zero-order valence-electron chi connectivity index (χ0n) is 14.8. The number of hydrogen-bond donors (Lipinski definition) is 1. The molecule has 26 heavy (non-hydrogen) atoms. The van der Waals surface area contributed by atoms with Crippen molar-refractivity contribution in [2.45, 2.75) is 37.8 Å². The van der Waals surface area contributed by atoms with Gasteiger partial charge in [0.05, 0.1) is 17.9 Å². The highest BCUT2D eigenvalue weighted by Gasteiger charge is 2.27. The number of aliphatic carboxylic acids is 1. The van der Waals surface area contributed by atoms with E-state index in [1.807, 2.05) is 44.2 Å². The highest BCUT2D eigenvalue weighted by molar-refractivity contribution is 7.89. The molecular formula is C19H23NO5S. The minimum absolute atomic E-state index is 0.0353. The molecule has 6 nitrogen and oxygen atoms in total. The number of ether oxygens (including phenoxy) is 1. The first-order chi connectivity index (χ1) is 12.3. The van der Waals surface area contributed by atoms with E-state index in [0.29, 0.717) is 5.75 Å². The molecule has 0 aliphatic rings. The van der Waals surface area contributed by atoms with Gasteiger partial charge in [0.25, 0.3) is 0 Å². The Morgan fingerprint density at radius 2 is 1.69 bits per heavy atom. The normalized spacial score (nSPS) is 11.7. The molecule has 0 saturated heterocycles. The van der Waals surface area contributed by atoms with Gasteiger partial charge in [-0.1, -0.05) is 30.3 Å². The van der Waals surface area contributed by atoms with Crippen LogP contribution in [0.15, 0.2) is 59.5 Å². The van der Waals surface area contributed by atoms with Crippen molar-refractivity contribution >= 4 is 16.0 Å². The van der Waals surface area contributed by atoms with Gasteiger partial charge >= 0.3 is 5.97 Å². The molecule has 2 aromatic rings. The molecule has 0 unspecified atom stereocenters. The van der Waals surface area contributed by atoms with Gasteiger partial charge in [-0.25, -0.2) is 8.42 Å². The molecule has 0 heterocycles. The maximum atomic E-state index is 13.0. The highest BCUT2D eigenvalue weighted by atomic mass is 32.2. The third kappa shape index (κ3) is 5.31. The summed E-state index contributed by atoms with van der Waals surface area (Å²) < 4.78 is 32.7. The lowest BCUT2D eigenvalue weighted by atomic mass is 10.2. The Kier molecular flexibility index (Phi) is 6.76. The Morgan fingerprint density at radius 3 is 2.23 bits per heavy atom. The molecular weight excluding hydrogens is 354 g/mol. The van der Waals surface area contributed by atoms with Crippen molar-refractivity contribution in [2.24, 2.45) is 0 Å². The fourth-order valence-electron chi connectivity index (χ4n) is 2.41. The summed E-state index contributed by atoms with van der Waals surface area (Å²) in [6, 6.07) is 15.3. The van der Waals surface area contributed by atoms with E-state index in [2.05, 4.69) is 0 Å². The van der Waals surface area contributed by atoms with Gasteiger partial charge in [0, 0.05) is 12.6 Å². The van der Waals surface area contributed by atoms with Crippen LogP contribution in [-0.4, -0.2) is 36.4 Å². The van der Waals surface area contributed by atoms with Crippen molar-refractivity contribution in [1.29, 1.82) is 0 Å². The zero-order chi connectivity index (χ0) is 19.2. The van der Waals surface area contributed by atoms with Gasteiger partial charge < -0.3 is 9.84 Å². The number of hydrogen-bond acceptors (Lipinski definition) is 4. The van der Waals surface area contributed by atoms with Crippen LogP contribution in [0.4, 0.5) is 0 Å². The monoisotopic (exact) mass is 377 g/mol. The quantitative estimate of drug-likeness (QED) is 0.726. The molecule has 0 amide bonds. The summed E-state index contributed by atoms with van der Waals surface area (Å²) in [6.45, 7) is 4.00.